The van der Waals surface area contributed by atoms with Gasteiger partial charge in [0.2, 0.25) is 11.8 Å². The highest BCUT2D eigenvalue weighted by molar-refractivity contribution is 7.92. The molecule has 11 heteroatoms. The molecular weight excluding hydrogens is 585 g/mol. The van der Waals surface area contributed by atoms with Crippen molar-refractivity contribution < 1.29 is 22.7 Å². The Hall–Kier alpha value is -3.27. The zero-order valence-electron chi connectivity index (χ0n) is 23.5. The fourth-order valence-electron chi connectivity index (χ4n) is 4.28. The summed E-state index contributed by atoms with van der Waals surface area (Å²) >= 11 is 12.9. The van der Waals surface area contributed by atoms with Crippen molar-refractivity contribution in [2.24, 2.45) is 0 Å². The second-order valence-electron chi connectivity index (χ2n) is 9.46. The molecule has 0 aliphatic rings. The minimum atomic E-state index is -4.23. The van der Waals surface area contributed by atoms with Crippen LogP contribution in [0.2, 0.25) is 10.0 Å². The number of anilines is 1. The van der Waals surface area contributed by atoms with Gasteiger partial charge in [0.1, 0.15) is 18.3 Å². The van der Waals surface area contributed by atoms with Gasteiger partial charge in [0, 0.05) is 28.2 Å². The Labute approximate surface area is 252 Å². The van der Waals surface area contributed by atoms with E-state index >= 15 is 0 Å². The number of para-hydroxylation sites is 2. The molecule has 0 radical (unpaired) electrons. The summed E-state index contributed by atoms with van der Waals surface area (Å²) in [5.41, 5.74) is 0.633. The van der Waals surface area contributed by atoms with E-state index in [-0.39, 0.29) is 41.2 Å². The lowest BCUT2D eigenvalue weighted by Crippen LogP contribution is -2.53. The predicted octanol–water partition coefficient (Wildman–Crippen LogP) is 5.92. The third-order valence-corrected chi connectivity index (χ3v) is 9.22. The number of carbonyl (C=O) groups is 2. The maximum Gasteiger partial charge on any atom is 0.264 e. The van der Waals surface area contributed by atoms with Crippen LogP contribution in [-0.2, 0) is 26.2 Å². The molecule has 0 unspecified atom stereocenters. The lowest BCUT2D eigenvalue weighted by Gasteiger charge is -2.34. The van der Waals surface area contributed by atoms with E-state index in [2.05, 4.69) is 5.32 Å². The van der Waals surface area contributed by atoms with E-state index in [1.807, 2.05) is 13.8 Å². The number of benzene rings is 3. The van der Waals surface area contributed by atoms with Crippen molar-refractivity contribution in [1.82, 2.24) is 10.2 Å². The van der Waals surface area contributed by atoms with Crippen molar-refractivity contribution in [2.45, 2.75) is 57.1 Å². The lowest BCUT2D eigenvalue weighted by molar-refractivity contribution is -0.140. The van der Waals surface area contributed by atoms with Crippen molar-refractivity contribution >= 4 is 50.7 Å². The average Bonchev–Trinajstić information content (AvgIpc) is 2.97. The number of nitrogens with zero attached hydrogens (tertiary/aromatic N) is 2. The Balaban J connectivity index is 2.13. The van der Waals surface area contributed by atoms with Crippen LogP contribution in [0.3, 0.4) is 0 Å². The Morgan fingerprint density at radius 2 is 1.51 bits per heavy atom. The molecule has 2 atom stereocenters. The third kappa shape index (κ3) is 7.72. The summed E-state index contributed by atoms with van der Waals surface area (Å²) in [4.78, 5) is 28.9. The van der Waals surface area contributed by atoms with Gasteiger partial charge in [-0.2, -0.15) is 0 Å². The van der Waals surface area contributed by atoms with E-state index in [4.69, 9.17) is 27.9 Å². The quantitative estimate of drug-likeness (QED) is 0.256. The fourth-order valence-corrected chi connectivity index (χ4v) is 6.25. The zero-order chi connectivity index (χ0) is 30.2. The van der Waals surface area contributed by atoms with Gasteiger partial charge in [0.25, 0.3) is 10.0 Å². The van der Waals surface area contributed by atoms with Crippen LogP contribution in [0.4, 0.5) is 5.69 Å². The van der Waals surface area contributed by atoms with Gasteiger partial charge >= 0.3 is 0 Å². The number of rotatable bonds is 13. The summed E-state index contributed by atoms with van der Waals surface area (Å²) in [6, 6.07) is 18.3. The van der Waals surface area contributed by atoms with Crippen LogP contribution in [0.1, 0.15) is 39.2 Å². The average molecular weight is 621 g/mol. The molecule has 3 aromatic carbocycles. The normalized spacial score (nSPS) is 12.7. The molecule has 0 bridgehead atoms. The highest BCUT2D eigenvalue weighted by Gasteiger charge is 2.35. The second kappa shape index (κ2) is 14.6. The van der Waals surface area contributed by atoms with E-state index in [0.717, 1.165) is 4.31 Å². The van der Waals surface area contributed by atoms with Crippen molar-refractivity contribution in [3.05, 3.63) is 88.4 Å². The monoisotopic (exact) mass is 619 g/mol. The molecular formula is C30H35Cl2N3O5S. The van der Waals surface area contributed by atoms with Crippen LogP contribution in [0.15, 0.2) is 77.7 Å². The van der Waals surface area contributed by atoms with Crippen LogP contribution in [0.5, 0.6) is 5.75 Å². The van der Waals surface area contributed by atoms with Crippen LogP contribution in [0.25, 0.3) is 0 Å². The third-order valence-electron chi connectivity index (χ3n) is 6.74. The summed E-state index contributed by atoms with van der Waals surface area (Å²) < 4.78 is 34.4. The van der Waals surface area contributed by atoms with E-state index < -0.39 is 28.5 Å². The molecule has 3 aromatic rings. The smallest absolute Gasteiger partial charge is 0.264 e. The molecule has 0 aromatic heterocycles. The molecule has 0 aliphatic heterocycles. The largest absolute Gasteiger partial charge is 0.495 e. The topological polar surface area (TPSA) is 96.0 Å². The summed E-state index contributed by atoms with van der Waals surface area (Å²) in [5, 5.41) is 3.59. The number of hydrogen-bond donors (Lipinski definition) is 1. The minimum Gasteiger partial charge on any atom is -0.495 e. The number of nitrogens with one attached hydrogen (secondary N) is 1. The van der Waals surface area contributed by atoms with Crippen molar-refractivity contribution in [3.8, 4) is 5.75 Å². The number of ether oxygens (including phenoxy) is 1. The van der Waals surface area contributed by atoms with Gasteiger partial charge in [-0.25, -0.2) is 8.42 Å². The SMILES string of the molecule is CC[C@@H](C)NC(=O)[C@H](CC)N(Cc1c(Cl)cccc1Cl)C(=O)CN(c1ccccc1OC)S(=O)(=O)c1ccccc1. The van der Waals surface area contributed by atoms with Crippen LogP contribution in [0, 0.1) is 0 Å². The molecule has 0 heterocycles. The summed E-state index contributed by atoms with van der Waals surface area (Å²) in [6.07, 6.45) is 0.972. The van der Waals surface area contributed by atoms with E-state index in [9.17, 15) is 18.0 Å². The molecule has 2 amide bonds. The number of halogens is 2. The number of hydrogen-bond acceptors (Lipinski definition) is 5. The number of carbonyl (C=O) groups excluding carboxylic acids is 2. The Kier molecular flexibility index (Phi) is 11.5. The van der Waals surface area contributed by atoms with Gasteiger partial charge in [-0.1, -0.05) is 73.4 Å². The maximum atomic E-state index is 14.2. The van der Waals surface area contributed by atoms with Crippen LogP contribution < -0.4 is 14.4 Å². The molecule has 3 rings (SSSR count). The number of amides is 2. The van der Waals surface area contributed by atoms with Gasteiger partial charge in [-0.05, 0) is 56.2 Å². The zero-order valence-corrected chi connectivity index (χ0v) is 25.8. The molecule has 220 valence electrons. The predicted molar refractivity (Wildman–Crippen MR) is 163 cm³/mol. The molecule has 0 fully saturated rings. The standard InChI is InChI=1S/C30H35Cl2N3O5S/c1-5-21(3)33-30(37)26(6-2)34(19-23-24(31)15-12-16-25(23)32)29(36)20-35(27-17-10-11-18-28(27)40-4)41(38,39)22-13-8-7-9-14-22/h7-18,21,26H,5-6,19-20H2,1-4H3,(H,33,37)/t21-,26+/m1/s1. The molecule has 1 N–H and O–H groups in total. The maximum absolute atomic E-state index is 14.2. The minimum absolute atomic E-state index is 0.000888. The fraction of sp³-hybridized carbons (Fsp3) is 0.333. The molecule has 8 nitrogen and oxygen atoms in total. The summed E-state index contributed by atoms with van der Waals surface area (Å²) in [7, 11) is -2.80. The summed E-state index contributed by atoms with van der Waals surface area (Å²) in [5.74, 6) is -0.701. The molecule has 0 saturated carbocycles. The molecule has 0 saturated heterocycles. The number of methoxy groups -OCH3 is 1. The highest BCUT2D eigenvalue weighted by atomic mass is 35.5. The van der Waals surface area contributed by atoms with Crippen LogP contribution >= 0.6 is 23.2 Å². The van der Waals surface area contributed by atoms with E-state index in [0.29, 0.717) is 22.0 Å². The van der Waals surface area contributed by atoms with Gasteiger partial charge in [0.15, 0.2) is 0 Å². The molecule has 0 aliphatic carbocycles. The van der Waals surface area contributed by atoms with Gasteiger partial charge in [-0.3, -0.25) is 13.9 Å². The van der Waals surface area contributed by atoms with E-state index in [1.165, 1.54) is 24.1 Å². The first-order valence-electron chi connectivity index (χ1n) is 13.3. The lowest BCUT2D eigenvalue weighted by atomic mass is 10.1. The first kappa shape index (κ1) is 32.2. The van der Waals surface area contributed by atoms with Gasteiger partial charge in [0.05, 0.1) is 17.7 Å². The van der Waals surface area contributed by atoms with E-state index in [1.54, 1.807) is 67.6 Å². The number of sulfonamides is 1. The Morgan fingerprint density at radius 3 is 2.10 bits per heavy atom. The van der Waals surface area contributed by atoms with Gasteiger partial charge < -0.3 is 15.0 Å². The summed E-state index contributed by atoms with van der Waals surface area (Å²) in [6.45, 7) is 4.89. The van der Waals surface area contributed by atoms with Crippen molar-refractivity contribution in [3.63, 3.8) is 0 Å². The Morgan fingerprint density at radius 1 is 0.902 bits per heavy atom. The highest BCUT2D eigenvalue weighted by Crippen LogP contribution is 2.33. The molecule has 41 heavy (non-hydrogen) atoms. The van der Waals surface area contributed by atoms with Crippen molar-refractivity contribution in [1.29, 1.82) is 0 Å². The van der Waals surface area contributed by atoms with Gasteiger partial charge in [-0.15, -0.1) is 0 Å². The Bertz CT molecular complexity index is 1430. The first-order valence-corrected chi connectivity index (χ1v) is 15.5. The van der Waals surface area contributed by atoms with Crippen molar-refractivity contribution in [2.75, 3.05) is 18.0 Å². The first-order chi connectivity index (χ1) is 19.5. The second-order valence-corrected chi connectivity index (χ2v) is 12.1. The molecule has 0 spiro atoms. The van der Waals surface area contributed by atoms with Crippen LogP contribution in [-0.4, -0.2) is 50.9 Å².